The number of nitrogens with zero attached hydrogens (tertiary/aromatic N) is 3. The summed E-state index contributed by atoms with van der Waals surface area (Å²) >= 11 is 6.01. The van der Waals surface area contributed by atoms with Gasteiger partial charge >= 0.3 is 0 Å². The third-order valence-electron chi connectivity index (χ3n) is 4.36. The highest BCUT2D eigenvalue weighted by atomic mass is 35.5. The van der Waals surface area contributed by atoms with E-state index >= 15 is 0 Å². The lowest BCUT2D eigenvalue weighted by Gasteiger charge is -2.33. The Balaban J connectivity index is 1.69. The van der Waals surface area contributed by atoms with E-state index in [9.17, 15) is 0 Å². The van der Waals surface area contributed by atoms with Gasteiger partial charge in [0.2, 0.25) is 5.28 Å². The van der Waals surface area contributed by atoms with Crippen molar-refractivity contribution in [2.45, 2.75) is 44.2 Å². The first kappa shape index (κ1) is 13.8. The molecule has 0 spiro atoms. The van der Waals surface area contributed by atoms with Crippen LogP contribution in [0, 0.1) is 0 Å². The van der Waals surface area contributed by atoms with E-state index in [0.29, 0.717) is 17.4 Å². The highest BCUT2D eigenvalue weighted by molar-refractivity contribution is 6.28. The van der Waals surface area contributed by atoms with Crippen LogP contribution >= 0.6 is 11.6 Å². The smallest absolute Gasteiger partial charge is 0.224 e. The lowest BCUT2D eigenvalue weighted by atomic mass is 9.90. The molecule has 0 atom stereocenters. The predicted molar refractivity (Wildman–Crippen MR) is 83.1 cm³/mol. The first-order valence-electron chi connectivity index (χ1n) is 7.29. The summed E-state index contributed by atoms with van der Waals surface area (Å²) < 4.78 is 0. The van der Waals surface area contributed by atoms with Crippen molar-refractivity contribution in [1.29, 1.82) is 0 Å². The number of nitrogens with one attached hydrogen (secondary N) is 1. The monoisotopic (exact) mass is 292 g/mol. The second-order valence-corrected chi connectivity index (χ2v) is 6.26. The molecule has 1 fully saturated rings. The van der Waals surface area contributed by atoms with Gasteiger partial charge in [0, 0.05) is 24.1 Å². The van der Waals surface area contributed by atoms with Gasteiger partial charge in [-0.3, -0.25) is 0 Å². The average Bonchev–Trinajstić information content (AvgIpc) is 2.87. The second-order valence-electron chi connectivity index (χ2n) is 5.92. The Morgan fingerprint density at radius 1 is 1.20 bits per heavy atom. The molecule has 108 valence electrons. The Labute approximate surface area is 125 Å². The molecular formula is C15H21ClN4. The largest absolute Gasteiger partial charge is 0.367 e. The highest BCUT2D eigenvalue weighted by Crippen LogP contribution is 2.29. The van der Waals surface area contributed by atoms with Crippen LogP contribution in [0.15, 0.2) is 6.08 Å². The summed E-state index contributed by atoms with van der Waals surface area (Å²) in [6.45, 7) is 0. The van der Waals surface area contributed by atoms with Crippen LogP contribution in [0.2, 0.25) is 5.28 Å². The minimum absolute atomic E-state index is 0.344. The van der Waals surface area contributed by atoms with Crippen molar-refractivity contribution in [3.05, 3.63) is 22.6 Å². The molecule has 4 nitrogen and oxygen atoms in total. The lowest BCUT2D eigenvalue weighted by Crippen LogP contribution is -2.36. The standard InChI is InChI=1S/C15H21ClN4/c1-20(2)11-8-6-10(7-9-11)17-14-12-4-3-5-13(12)18-15(16)19-14/h3-4,10-11H,5-9H2,1-2H3,(H,17,18,19). The van der Waals surface area contributed by atoms with E-state index in [0.717, 1.165) is 23.5 Å². The number of aromatic nitrogens is 2. The van der Waals surface area contributed by atoms with Gasteiger partial charge in [-0.2, -0.15) is 0 Å². The molecule has 0 aliphatic heterocycles. The van der Waals surface area contributed by atoms with Crippen LogP contribution in [0.25, 0.3) is 6.08 Å². The molecule has 1 heterocycles. The van der Waals surface area contributed by atoms with Gasteiger partial charge in [-0.15, -0.1) is 0 Å². The van der Waals surface area contributed by atoms with Crippen molar-refractivity contribution in [2.75, 3.05) is 19.4 Å². The van der Waals surface area contributed by atoms with Gasteiger partial charge in [0.1, 0.15) is 5.82 Å². The fourth-order valence-electron chi connectivity index (χ4n) is 3.14. The maximum absolute atomic E-state index is 6.01. The van der Waals surface area contributed by atoms with Crippen molar-refractivity contribution in [1.82, 2.24) is 14.9 Å². The number of hydrogen-bond donors (Lipinski definition) is 1. The van der Waals surface area contributed by atoms with Crippen LogP contribution in [-0.2, 0) is 6.42 Å². The van der Waals surface area contributed by atoms with E-state index in [1.165, 1.54) is 25.7 Å². The minimum atomic E-state index is 0.344. The van der Waals surface area contributed by atoms with Gasteiger partial charge < -0.3 is 10.2 Å². The van der Waals surface area contributed by atoms with Crippen LogP contribution in [0.4, 0.5) is 5.82 Å². The van der Waals surface area contributed by atoms with E-state index < -0.39 is 0 Å². The summed E-state index contributed by atoms with van der Waals surface area (Å²) in [6, 6.07) is 1.21. The summed E-state index contributed by atoms with van der Waals surface area (Å²) in [6.07, 6.45) is 9.91. The highest BCUT2D eigenvalue weighted by Gasteiger charge is 2.24. The SMILES string of the molecule is CN(C)C1CCC(Nc2nc(Cl)nc3c2C=CC3)CC1. The zero-order valence-corrected chi connectivity index (χ0v) is 12.8. The first-order valence-corrected chi connectivity index (χ1v) is 7.67. The normalized spacial score (nSPS) is 25.0. The molecule has 1 aromatic heterocycles. The van der Waals surface area contributed by atoms with Crippen molar-refractivity contribution in [2.24, 2.45) is 0 Å². The van der Waals surface area contributed by atoms with Crippen LogP contribution in [0.5, 0.6) is 0 Å². The molecule has 1 saturated carbocycles. The van der Waals surface area contributed by atoms with Crippen molar-refractivity contribution in [3.8, 4) is 0 Å². The summed E-state index contributed by atoms with van der Waals surface area (Å²) in [5, 5.41) is 3.92. The molecule has 1 N–H and O–H groups in total. The van der Waals surface area contributed by atoms with E-state index in [1.807, 2.05) is 0 Å². The third-order valence-corrected chi connectivity index (χ3v) is 4.53. The molecule has 5 heteroatoms. The molecule has 0 bridgehead atoms. The third kappa shape index (κ3) is 2.81. The fourth-order valence-corrected chi connectivity index (χ4v) is 3.33. The quantitative estimate of drug-likeness (QED) is 0.870. The van der Waals surface area contributed by atoms with Crippen LogP contribution in [0.3, 0.4) is 0 Å². The average molecular weight is 293 g/mol. The van der Waals surface area contributed by atoms with Crippen LogP contribution in [-0.4, -0.2) is 41.0 Å². The zero-order chi connectivity index (χ0) is 14.1. The van der Waals surface area contributed by atoms with Crippen molar-refractivity contribution >= 4 is 23.5 Å². The number of fused-ring (bicyclic) bond motifs is 1. The molecule has 2 aliphatic rings. The Kier molecular flexibility index (Phi) is 3.94. The number of hydrogen-bond acceptors (Lipinski definition) is 4. The molecule has 0 aromatic carbocycles. The Morgan fingerprint density at radius 2 is 1.95 bits per heavy atom. The number of allylic oxidation sites excluding steroid dienone is 1. The van der Waals surface area contributed by atoms with E-state index in [2.05, 4.69) is 46.4 Å². The Morgan fingerprint density at radius 3 is 2.65 bits per heavy atom. The molecule has 0 amide bonds. The summed E-state index contributed by atoms with van der Waals surface area (Å²) in [5.41, 5.74) is 2.15. The predicted octanol–water partition coefficient (Wildman–Crippen LogP) is 2.98. The number of anilines is 1. The van der Waals surface area contributed by atoms with E-state index in [1.54, 1.807) is 0 Å². The molecule has 3 rings (SSSR count). The molecule has 0 radical (unpaired) electrons. The molecule has 20 heavy (non-hydrogen) atoms. The Bertz CT molecular complexity index is 519. The van der Waals surface area contributed by atoms with Crippen molar-refractivity contribution < 1.29 is 0 Å². The fraction of sp³-hybridized carbons (Fsp3) is 0.600. The van der Waals surface area contributed by atoms with Crippen LogP contribution < -0.4 is 5.32 Å². The topological polar surface area (TPSA) is 41.0 Å². The maximum Gasteiger partial charge on any atom is 0.224 e. The summed E-state index contributed by atoms with van der Waals surface area (Å²) in [5.74, 6) is 0.905. The van der Waals surface area contributed by atoms with Gasteiger partial charge in [0.25, 0.3) is 0 Å². The molecule has 1 aromatic rings. The van der Waals surface area contributed by atoms with Gasteiger partial charge in [-0.1, -0.05) is 12.2 Å². The van der Waals surface area contributed by atoms with Gasteiger partial charge in [0.15, 0.2) is 0 Å². The number of rotatable bonds is 3. The number of halogens is 1. The van der Waals surface area contributed by atoms with Gasteiger partial charge in [-0.25, -0.2) is 9.97 Å². The lowest BCUT2D eigenvalue weighted by molar-refractivity contribution is 0.221. The zero-order valence-electron chi connectivity index (χ0n) is 12.1. The maximum atomic E-state index is 6.01. The molecule has 0 unspecified atom stereocenters. The first-order chi connectivity index (χ1) is 9.63. The van der Waals surface area contributed by atoms with Crippen LogP contribution in [0.1, 0.15) is 36.9 Å². The van der Waals surface area contributed by atoms with Gasteiger partial charge in [-0.05, 0) is 51.4 Å². The van der Waals surface area contributed by atoms with E-state index in [4.69, 9.17) is 11.6 Å². The van der Waals surface area contributed by atoms with E-state index in [-0.39, 0.29) is 0 Å². The molecular weight excluding hydrogens is 272 g/mol. The molecule has 2 aliphatic carbocycles. The second kappa shape index (κ2) is 5.70. The van der Waals surface area contributed by atoms with Crippen molar-refractivity contribution in [3.63, 3.8) is 0 Å². The van der Waals surface area contributed by atoms with Gasteiger partial charge in [0.05, 0.1) is 5.69 Å². The minimum Gasteiger partial charge on any atom is -0.367 e. The summed E-state index contributed by atoms with van der Waals surface area (Å²) in [4.78, 5) is 11.0. The Hall–Kier alpha value is -1.13. The summed E-state index contributed by atoms with van der Waals surface area (Å²) in [7, 11) is 4.33. The molecule has 0 saturated heterocycles.